The zero-order valence-electron chi connectivity index (χ0n) is 17.7. The maximum Gasteiger partial charge on any atom is 0.166 e. The summed E-state index contributed by atoms with van der Waals surface area (Å²) in [4.78, 5) is 8.90. The topological polar surface area (TPSA) is 102 Å². The van der Waals surface area contributed by atoms with Crippen LogP contribution in [0.1, 0.15) is 36.8 Å². The van der Waals surface area contributed by atoms with Crippen LogP contribution < -0.4 is 15.8 Å². The molecule has 0 spiro atoms. The number of nitrogens with one attached hydrogen (secondary N) is 2. The number of nitrogens with zero attached hydrogens (tertiary/aromatic N) is 3. The second kappa shape index (κ2) is 8.22. The Hall–Kier alpha value is -3.68. The van der Waals surface area contributed by atoms with E-state index in [1.54, 1.807) is 31.8 Å². The number of hydrogen-bond acceptors (Lipinski definition) is 6. The molecule has 0 aliphatic carbocycles. The average Bonchev–Trinajstić information content (AvgIpc) is 3.16. The second-order valence-corrected chi connectivity index (χ2v) is 7.45. The number of nitrogen functional groups attached to an aromatic ring is 1. The van der Waals surface area contributed by atoms with Crippen molar-refractivity contribution in [1.82, 2.24) is 19.9 Å². The second-order valence-electron chi connectivity index (χ2n) is 7.45. The van der Waals surface area contributed by atoms with Crippen LogP contribution in [0, 0.1) is 11.2 Å². The number of aryl methyl sites for hydroxylation is 1. The van der Waals surface area contributed by atoms with Gasteiger partial charge in [0.1, 0.15) is 11.9 Å². The van der Waals surface area contributed by atoms with Crippen LogP contribution in [0.3, 0.4) is 0 Å². The van der Waals surface area contributed by atoms with E-state index in [0.717, 1.165) is 28.9 Å². The lowest BCUT2D eigenvalue weighted by atomic mass is 9.94. The number of nitrogens with two attached hydrogens (primary N) is 1. The quantitative estimate of drug-likeness (QED) is 0.584. The molecule has 31 heavy (non-hydrogen) atoms. The van der Waals surface area contributed by atoms with E-state index in [0.29, 0.717) is 23.4 Å². The summed E-state index contributed by atoms with van der Waals surface area (Å²) in [6.07, 6.45) is 5.45. The van der Waals surface area contributed by atoms with Crippen molar-refractivity contribution in [3.8, 4) is 17.0 Å². The van der Waals surface area contributed by atoms with E-state index in [9.17, 15) is 4.39 Å². The van der Waals surface area contributed by atoms with Crippen LogP contribution in [-0.2, 0) is 13.0 Å². The summed E-state index contributed by atoms with van der Waals surface area (Å²) in [7, 11) is 1.79. The Balaban J connectivity index is 1.99. The normalized spacial score (nSPS) is 17.2. The lowest BCUT2D eigenvalue weighted by Gasteiger charge is -2.23. The Morgan fingerprint density at radius 3 is 2.90 bits per heavy atom. The molecule has 2 aromatic heterocycles. The van der Waals surface area contributed by atoms with Gasteiger partial charge in [0.2, 0.25) is 0 Å². The first-order valence-corrected chi connectivity index (χ1v) is 10.1. The monoisotopic (exact) mass is 420 g/mol. The van der Waals surface area contributed by atoms with Gasteiger partial charge in [-0.2, -0.15) is 0 Å². The van der Waals surface area contributed by atoms with Crippen molar-refractivity contribution in [2.24, 2.45) is 0 Å². The SMILES string of the molecule is CCc1ncn2c1-c1cnc(N)c(c1)O[C@H](C)c1cc(F)ccc1C(=N)/C(=C\NC)C2. The van der Waals surface area contributed by atoms with Crippen molar-refractivity contribution in [3.05, 3.63) is 71.2 Å². The molecule has 0 amide bonds. The fourth-order valence-electron chi connectivity index (χ4n) is 3.89. The van der Waals surface area contributed by atoms with E-state index in [2.05, 4.69) is 15.3 Å². The van der Waals surface area contributed by atoms with Gasteiger partial charge in [-0.1, -0.05) is 6.92 Å². The molecule has 1 aliphatic rings. The number of halogens is 1. The molecule has 3 aromatic rings. The minimum atomic E-state index is -0.545. The highest BCUT2D eigenvalue weighted by molar-refractivity contribution is 6.11. The van der Waals surface area contributed by atoms with Gasteiger partial charge in [-0.3, -0.25) is 5.41 Å². The number of aromatic nitrogens is 3. The third-order valence-electron chi connectivity index (χ3n) is 5.41. The molecule has 0 saturated carbocycles. The standard InChI is InChI=1S/C23H25FN6O/c1-4-19-22-14-7-20(23(26)28-10-14)31-13(2)18-8-16(24)5-6-17(18)21(25)15(9-27-3)11-30(22)12-29-19/h5-10,12-13,25,27H,4,11H2,1-3H3,(H2,26,28)/b15-9-,25-21?/t13-/m1/s1. The predicted molar refractivity (Wildman–Crippen MR) is 119 cm³/mol. The minimum Gasteiger partial charge on any atom is -0.482 e. The van der Waals surface area contributed by atoms with Crippen molar-refractivity contribution >= 4 is 11.5 Å². The summed E-state index contributed by atoms with van der Waals surface area (Å²) >= 11 is 0. The number of pyridine rings is 1. The van der Waals surface area contributed by atoms with Gasteiger partial charge in [0.15, 0.2) is 11.6 Å². The molecule has 2 bridgehead atoms. The van der Waals surface area contributed by atoms with Crippen LogP contribution in [-0.4, -0.2) is 27.3 Å². The van der Waals surface area contributed by atoms with E-state index in [4.69, 9.17) is 15.9 Å². The minimum absolute atomic E-state index is 0.251. The molecule has 3 heterocycles. The average molecular weight is 420 g/mol. The van der Waals surface area contributed by atoms with Crippen LogP contribution in [0.25, 0.3) is 11.3 Å². The maximum absolute atomic E-state index is 14.1. The van der Waals surface area contributed by atoms with Gasteiger partial charge in [0, 0.05) is 41.7 Å². The highest BCUT2D eigenvalue weighted by Crippen LogP contribution is 2.34. The lowest BCUT2D eigenvalue weighted by Crippen LogP contribution is -2.18. The summed E-state index contributed by atoms with van der Waals surface area (Å²) in [5.74, 6) is 0.270. The number of benzene rings is 1. The number of rotatable bonds is 2. The van der Waals surface area contributed by atoms with Crippen LogP contribution in [0.5, 0.6) is 5.75 Å². The van der Waals surface area contributed by atoms with Crippen molar-refractivity contribution in [2.75, 3.05) is 12.8 Å². The lowest BCUT2D eigenvalue weighted by molar-refractivity contribution is 0.227. The van der Waals surface area contributed by atoms with Crippen molar-refractivity contribution < 1.29 is 9.13 Å². The zero-order chi connectivity index (χ0) is 22.1. The first-order valence-electron chi connectivity index (χ1n) is 10.1. The van der Waals surface area contributed by atoms with E-state index < -0.39 is 11.9 Å². The van der Waals surface area contributed by atoms with Crippen molar-refractivity contribution in [1.29, 1.82) is 5.41 Å². The summed E-state index contributed by atoms with van der Waals surface area (Å²) in [5, 5.41) is 11.9. The number of imidazole rings is 1. The van der Waals surface area contributed by atoms with Crippen LogP contribution in [0.2, 0.25) is 0 Å². The van der Waals surface area contributed by atoms with Gasteiger partial charge in [-0.15, -0.1) is 0 Å². The summed E-state index contributed by atoms with van der Waals surface area (Å²) < 4.78 is 22.3. The molecule has 4 rings (SSSR count). The summed E-state index contributed by atoms with van der Waals surface area (Å²) in [5.41, 5.74) is 10.9. The summed E-state index contributed by atoms with van der Waals surface area (Å²) in [6, 6.07) is 6.23. The molecular formula is C23H25FN6O. The molecular weight excluding hydrogens is 395 g/mol. The van der Waals surface area contributed by atoms with Crippen molar-refractivity contribution in [2.45, 2.75) is 32.9 Å². The third-order valence-corrected chi connectivity index (χ3v) is 5.41. The first kappa shape index (κ1) is 20.6. The van der Waals surface area contributed by atoms with Gasteiger partial charge in [-0.05, 0) is 37.6 Å². The molecule has 0 saturated heterocycles. The van der Waals surface area contributed by atoms with Crippen LogP contribution in [0.15, 0.2) is 48.6 Å². The zero-order valence-corrected chi connectivity index (χ0v) is 17.7. The molecule has 7 nitrogen and oxygen atoms in total. The Bertz CT molecular complexity index is 1180. The van der Waals surface area contributed by atoms with E-state index in [1.807, 2.05) is 24.5 Å². The molecule has 0 radical (unpaired) electrons. The molecule has 0 fully saturated rings. The van der Waals surface area contributed by atoms with E-state index in [1.165, 1.54) is 12.1 Å². The Kier molecular flexibility index (Phi) is 5.46. The first-order chi connectivity index (χ1) is 14.9. The number of hydrogen-bond donors (Lipinski definition) is 3. The van der Waals surface area contributed by atoms with Crippen LogP contribution in [0.4, 0.5) is 10.2 Å². The number of fused-ring (bicyclic) bond motifs is 5. The molecule has 0 unspecified atom stereocenters. The predicted octanol–water partition coefficient (Wildman–Crippen LogP) is 3.85. The smallest absolute Gasteiger partial charge is 0.166 e. The van der Waals surface area contributed by atoms with Gasteiger partial charge in [0.05, 0.1) is 30.0 Å². The number of ether oxygens (including phenoxy) is 1. The van der Waals surface area contributed by atoms with Gasteiger partial charge >= 0.3 is 0 Å². The fourth-order valence-corrected chi connectivity index (χ4v) is 3.89. The fraction of sp³-hybridized carbons (Fsp3) is 0.261. The highest BCUT2D eigenvalue weighted by atomic mass is 19.1. The molecule has 1 aromatic carbocycles. The molecule has 8 heteroatoms. The van der Waals surface area contributed by atoms with E-state index in [-0.39, 0.29) is 11.5 Å². The Morgan fingerprint density at radius 2 is 2.16 bits per heavy atom. The number of anilines is 1. The van der Waals surface area contributed by atoms with Gasteiger partial charge in [0.25, 0.3) is 0 Å². The maximum atomic E-state index is 14.1. The van der Waals surface area contributed by atoms with Crippen LogP contribution >= 0.6 is 0 Å². The van der Waals surface area contributed by atoms with Gasteiger partial charge < -0.3 is 20.4 Å². The third kappa shape index (κ3) is 3.76. The highest BCUT2D eigenvalue weighted by Gasteiger charge is 2.23. The Morgan fingerprint density at radius 1 is 1.35 bits per heavy atom. The molecule has 1 aliphatic heterocycles. The molecule has 4 N–H and O–H groups in total. The van der Waals surface area contributed by atoms with Gasteiger partial charge in [-0.25, -0.2) is 14.4 Å². The largest absolute Gasteiger partial charge is 0.482 e. The van der Waals surface area contributed by atoms with E-state index >= 15 is 0 Å². The Labute approximate surface area is 180 Å². The molecule has 1 atom stereocenters. The number of allylic oxidation sites excluding steroid dienone is 1. The molecule has 160 valence electrons. The van der Waals surface area contributed by atoms with Crippen molar-refractivity contribution in [3.63, 3.8) is 0 Å². The summed E-state index contributed by atoms with van der Waals surface area (Å²) in [6.45, 7) is 4.26.